The molecule has 4 heteroatoms. The van der Waals surface area contributed by atoms with Gasteiger partial charge in [0.1, 0.15) is 0 Å². The smallest absolute Gasteiger partial charge is 0.152 e. The fraction of sp³-hybridized carbons (Fsp3) is 0.455. The summed E-state index contributed by atoms with van der Waals surface area (Å²) in [5, 5.41) is 13.2. The van der Waals surface area contributed by atoms with E-state index in [1.54, 1.807) is 12.1 Å². The van der Waals surface area contributed by atoms with E-state index in [-0.39, 0.29) is 15.8 Å². The number of anilines is 1. The largest absolute Gasteiger partial charge is 0.505 e. The highest BCUT2D eigenvalue weighted by Crippen LogP contribution is 2.34. The van der Waals surface area contributed by atoms with Gasteiger partial charge in [0.15, 0.2) is 5.75 Å². The molecule has 0 saturated heterocycles. The van der Waals surface area contributed by atoms with Gasteiger partial charge in [-0.2, -0.15) is 0 Å². The van der Waals surface area contributed by atoms with Crippen LogP contribution in [0.1, 0.15) is 26.7 Å². The fourth-order valence-electron chi connectivity index (χ4n) is 1.44. The Bertz CT molecular complexity index is 318. The van der Waals surface area contributed by atoms with Crippen LogP contribution in [-0.2, 0) is 0 Å². The number of halogens is 2. The van der Waals surface area contributed by atoms with E-state index >= 15 is 0 Å². The third-order valence-corrected chi connectivity index (χ3v) is 2.73. The molecule has 0 heterocycles. The molecule has 84 valence electrons. The molecule has 0 aliphatic rings. The summed E-state index contributed by atoms with van der Waals surface area (Å²) >= 11 is 11.6. The average Bonchev–Trinajstić information content (AvgIpc) is 2.14. The molecule has 0 spiro atoms. The summed E-state index contributed by atoms with van der Waals surface area (Å²) in [5.41, 5.74) is 0.837. The monoisotopic (exact) mass is 247 g/mol. The van der Waals surface area contributed by atoms with E-state index < -0.39 is 0 Å². The minimum absolute atomic E-state index is 0.0629. The van der Waals surface area contributed by atoms with Crippen LogP contribution in [0.4, 0.5) is 5.69 Å². The highest BCUT2D eigenvalue weighted by Gasteiger charge is 2.08. The van der Waals surface area contributed by atoms with Crippen LogP contribution in [-0.4, -0.2) is 11.1 Å². The summed E-state index contributed by atoms with van der Waals surface area (Å²) in [6, 6.07) is 3.72. The van der Waals surface area contributed by atoms with Gasteiger partial charge in [-0.1, -0.05) is 36.5 Å². The number of aromatic hydroxyl groups is 1. The molecule has 1 rings (SSSR count). The molecule has 1 unspecified atom stereocenters. The summed E-state index contributed by atoms with van der Waals surface area (Å²) in [5.74, 6) is -0.0629. The molecule has 0 bridgehead atoms. The number of rotatable bonds is 4. The molecule has 2 nitrogen and oxygen atoms in total. The third kappa shape index (κ3) is 3.47. The first-order valence-electron chi connectivity index (χ1n) is 4.99. The Hall–Kier alpha value is -0.600. The van der Waals surface area contributed by atoms with Crippen LogP contribution in [0.3, 0.4) is 0 Å². The van der Waals surface area contributed by atoms with Crippen molar-refractivity contribution in [2.24, 2.45) is 0 Å². The normalized spacial score (nSPS) is 12.5. The quantitative estimate of drug-likeness (QED) is 0.778. The van der Waals surface area contributed by atoms with Crippen LogP contribution >= 0.6 is 23.2 Å². The Kier molecular flexibility index (Phi) is 4.55. The minimum atomic E-state index is -0.0629. The number of phenolic OH excluding ortho intramolecular Hbond substituents is 1. The van der Waals surface area contributed by atoms with Crippen molar-refractivity contribution in [2.45, 2.75) is 32.7 Å². The highest BCUT2D eigenvalue weighted by atomic mass is 35.5. The number of benzene rings is 1. The van der Waals surface area contributed by atoms with E-state index in [9.17, 15) is 5.11 Å². The molecule has 0 aliphatic carbocycles. The van der Waals surface area contributed by atoms with E-state index in [2.05, 4.69) is 19.2 Å². The molecule has 15 heavy (non-hydrogen) atoms. The second-order valence-electron chi connectivity index (χ2n) is 3.62. The van der Waals surface area contributed by atoms with Crippen LogP contribution < -0.4 is 5.32 Å². The topological polar surface area (TPSA) is 32.3 Å². The lowest BCUT2D eigenvalue weighted by Crippen LogP contribution is -2.14. The molecular weight excluding hydrogens is 233 g/mol. The van der Waals surface area contributed by atoms with Gasteiger partial charge in [0.25, 0.3) is 0 Å². The zero-order chi connectivity index (χ0) is 11.4. The highest BCUT2D eigenvalue weighted by molar-refractivity contribution is 6.37. The Morgan fingerprint density at radius 2 is 1.87 bits per heavy atom. The summed E-state index contributed by atoms with van der Waals surface area (Å²) in [4.78, 5) is 0. The van der Waals surface area contributed by atoms with Crippen molar-refractivity contribution < 1.29 is 5.11 Å². The first kappa shape index (κ1) is 12.5. The molecule has 0 aromatic heterocycles. The standard InChI is InChI=1S/C11H15Cl2NO/c1-3-4-7(2)14-8-5-9(12)11(15)10(13)6-8/h5-7,14-15H,3-4H2,1-2H3. The van der Waals surface area contributed by atoms with Gasteiger partial charge in [-0.05, 0) is 25.5 Å². The van der Waals surface area contributed by atoms with Crippen molar-refractivity contribution in [3.05, 3.63) is 22.2 Å². The Morgan fingerprint density at radius 1 is 1.33 bits per heavy atom. The fourth-order valence-corrected chi connectivity index (χ4v) is 1.93. The molecule has 0 saturated carbocycles. The molecular formula is C11H15Cl2NO. The maximum Gasteiger partial charge on any atom is 0.152 e. The van der Waals surface area contributed by atoms with Gasteiger partial charge in [-0.3, -0.25) is 0 Å². The molecule has 2 N–H and O–H groups in total. The van der Waals surface area contributed by atoms with Gasteiger partial charge in [0.2, 0.25) is 0 Å². The zero-order valence-electron chi connectivity index (χ0n) is 8.85. The Morgan fingerprint density at radius 3 is 2.33 bits per heavy atom. The summed E-state index contributed by atoms with van der Waals surface area (Å²) in [7, 11) is 0. The van der Waals surface area contributed by atoms with Crippen LogP contribution in [0.15, 0.2) is 12.1 Å². The maximum absolute atomic E-state index is 9.38. The molecule has 1 atom stereocenters. The maximum atomic E-state index is 9.38. The first-order chi connectivity index (χ1) is 7.04. The summed E-state index contributed by atoms with van der Waals surface area (Å²) in [6.45, 7) is 4.23. The number of hydrogen-bond donors (Lipinski definition) is 2. The van der Waals surface area contributed by atoms with Crippen molar-refractivity contribution >= 4 is 28.9 Å². The second kappa shape index (κ2) is 5.47. The zero-order valence-corrected chi connectivity index (χ0v) is 10.4. The van der Waals surface area contributed by atoms with Gasteiger partial charge in [-0.15, -0.1) is 0 Å². The summed E-state index contributed by atoms with van der Waals surface area (Å²) < 4.78 is 0. The summed E-state index contributed by atoms with van der Waals surface area (Å²) in [6.07, 6.45) is 2.20. The van der Waals surface area contributed by atoms with Crippen molar-refractivity contribution in [3.8, 4) is 5.75 Å². The Labute approximate surface area is 100 Å². The van der Waals surface area contributed by atoms with E-state index in [0.717, 1.165) is 18.5 Å². The SMILES string of the molecule is CCCC(C)Nc1cc(Cl)c(O)c(Cl)c1. The van der Waals surface area contributed by atoms with E-state index in [0.29, 0.717) is 6.04 Å². The van der Waals surface area contributed by atoms with Crippen LogP contribution in [0.25, 0.3) is 0 Å². The molecule has 0 amide bonds. The van der Waals surface area contributed by atoms with E-state index in [1.807, 2.05) is 0 Å². The predicted octanol–water partition coefficient (Wildman–Crippen LogP) is 4.30. The van der Waals surface area contributed by atoms with Crippen LogP contribution in [0, 0.1) is 0 Å². The lowest BCUT2D eigenvalue weighted by molar-refractivity contribution is 0.476. The number of hydrogen-bond acceptors (Lipinski definition) is 2. The molecule has 0 aliphatic heterocycles. The van der Waals surface area contributed by atoms with E-state index in [1.165, 1.54) is 0 Å². The van der Waals surface area contributed by atoms with Crippen molar-refractivity contribution in [2.75, 3.05) is 5.32 Å². The Balaban J connectivity index is 2.78. The van der Waals surface area contributed by atoms with Crippen molar-refractivity contribution in [1.82, 2.24) is 0 Å². The van der Waals surface area contributed by atoms with Gasteiger partial charge >= 0.3 is 0 Å². The van der Waals surface area contributed by atoms with Crippen LogP contribution in [0.2, 0.25) is 10.0 Å². The van der Waals surface area contributed by atoms with Crippen LogP contribution in [0.5, 0.6) is 5.75 Å². The van der Waals surface area contributed by atoms with Crippen molar-refractivity contribution in [1.29, 1.82) is 0 Å². The van der Waals surface area contributed by atoms with E-state index in [4.69, 9.17) is 23.2 Å². The molecule has 0 fully saturated rings. The molecule has 0 radical (unpaired) electrons. The minimum Gasteiger partial charge on any atom is -0.505 e. The van der Waals surface area contributed by atoms with Crippen molar-refractivity contribution in [3.63, 3.8) is 0 Å². The van der Waals surface area contributed by atoms with Gasteiger partial charge in [0, 0.05) is 11.7 Å². The second-order valence-corrected chi connectivity index (χ2v) is 4.44. The third-order valence-electron chi connectivity index (χ3n) is 2.15. The molecule has 1 aromatic carbocycles. The number of nitrogens with one attached hydrogen (secondary N) is 1. The van der Waals surface area contributed by atoms with Gasteiger partial charge < -0.3 is 10.4 Å². The van der Waals surface area contributed by atoms with Gasteiger partial charge in [-0.25, -0.2) is 0 Å². The first-order valence-corrected chi connectivity index (χ1v) is 5.74. The number of phenols is 1. The molecule has 1 aromatic rings. The average molecular weight is 248 g/mol. The lowest BCUT2D eigenvalue weighted by Gasteiger charge is -2.15. The lowest BCUT2D eigenvalue weighted by atomic mass is 10.2. The van der Waals surface area contributed by atoms with Gasteiger partial charge in [0.05, 0.1) is 10.0 Å². The predicted molar refractivity (Wildman–Crippen MR) is 66.1 cm³/mol.